The third-order valence-corrected chi connectivity index (χ3v) is 5.45. The molecule has 26 heavy (non-hydrogen) atoms. The van der Waals surface area contributed by atoms with Gasteiger partial charge in [0.05, 0.1) is 6.61 Å². The van der Waals surface area contributed by atoms with Crippen LogP contribution in [0.25, 0.3) is 0 Å². The molecule has 0 aromatic heterocycles. The second-order valence-electron chi connectivity index (χ2n) is 5.16. The Morgan fingerprint density at radius 1 is 1.31 bits per heavy atom. The molecule has 0 radical (unpaired) electrons. The molecule has 148 valence electrons. The van der Waals surface area contributed by atoms with Crippen LogP contribution in [0, 0.1) is 0 Å². The fraction of sp³-hybridized carbons (Fsp3) is 0.909. The van der Waals surface area contributed by atoms with Crippen molar-refractivity contribution >= 4 is 38.0 Å². The number of aliphatic hydroxyl groups is 4. The summed E-state index contributed by atoms with van der Waals surface area (Å²) >= 11 is 0.659. The molecule has 6 unspecified atom stereocenters. The van der Waals surface area contributed by atoms with E-state index >= 15 is 0 Å². The second-order valence-corrected chi connectivity index (χ2v) is 8.86. The van der Waals surface area contributed by atoms with Gasteiger partial charge in [0.25, 0.3) is 10.4 Å². The van der Waals surface area contributed by atoms with Crippen LogP contribution in [0.2, 0.25) is 0 Å². The van der Waals surface area contributed by atoms with Crippen molar-refractivity contribution in [3.05, 3.63) is 0 Å². The Labute approximate surface area is 200 Å². The zero-order valence-corrected chi connectivity index (χ0v) is 19.7. The molecule has 1 aliphatic heterocycles. The monoisotopic (exact) mass is 461 g/mol. The molecule has 0 amide bonds. The quantitative estimate of drug-likeness (QED) is 0.0674. The molecular weight excluding hydrogens is 441 g/mol. The van der Waals surface area contributed by atoms with E-state index in [1.165, 1.54) is 6.26 Å². The van der Waals surface area contributed by atoms with Gasteiger partial charge in [0.15, 0.2) is 0 Å². The number of rotatable bonds is 8. The van der Waals surface area contributed by atoms with Crippen molar-refractivity contribution in [2.45, 2.75) is 42.7 Å². The molecule has 1 rings (SSSR count). The normalized spacial score (nSPS) is 31.2. The Hall–Kier alpha value is 1.32. The average molecular weight is 462 g/mol. The predicted molar refractivity (Wildman–Crippen MR) is 87.7 cm³/mol. The Morgan fingerprint density at radius 3 is 2.42 bits per heavy atom. The van der Waals surface area contributed by atoms with Crippen LogP contribution in [-0.2, 0) is 30.2 Å². The summed E-state index contributed by atoms with van der Waals surface area (Å²) in [5.41, 5.74) is -1.21. The summed E-state index contributed by atoms with van der Waals surface area (Å²) in [6.07, 6.45) is -4.03. The molecule has 0 aromatic rings. The number of hydrogen-bond donors (Lipinski definition) is 4. The molecule has 1 fully saturated rings. The van der Waals surface area contributed by atoms with Crippen molar-refractivity contribution in [2.24, 2.45) is 5.16 Å². The summed E-state index contributed by atoms with van der Waals surface area (Å²) in [5, 5.41) is 41.7. The first-order valence-electron chi connectivity index (χ1n) is 7.03. The van der Waals surface area contributed by atoms with Crippen molar-refractivity contribution in [3.63, 3.8) is 0 Å². The first-order valence-corrected chi connectivity index (χ1v) is 11.0. The van der Waals surface area contributed by atoms with Crippen molar-refractivity contribution in [3.8, 4) is 0 Å². The molecule has 0 aromatic carbocycles. The SMILES string of the molecule is CS(=O)CCC/C(=N/OS(=O)(=O)[O-])SC1OC(CO)C(O)C(O)C1O.[K+]. The molecule has 0 saturated carbocycles. The summed E-state index contributed by atoms with van der Waals surface area (Å²) in [6, 6.07) is 0. The zero-order chi connectivity index (χ0) is 19.2. The number of oxime groups is 1. The average Bonchev–Trinajstić information content (AvgIpc) is 2.51. The molecule has 0 bridgehead atoms. The summed E-state index contributed by atoms with van der Waals surface area (Å²) in [6.45, 7) is -0.630. The third-order valence-electron chi connectivity index (χ3n) is 3.15. The van der Waals surface area contributed by atoms with Gasteiger partial charge in [0.2, 0.25) is 0 Å². The summed E-state index contributed by atoms with van der Waals surface area (Å²) < 4.78 is 51.8. The molecule has 1 heterocycles. The maximum atomic E-state index is 11.1. The molecule has 6 atom stereocenters. The van der Waals surface area contributed by atoms with E-state index in [9.17, 15) is 32.5 Å². The van der Waals surface area contributed by atoms with Gasteiger partial charge in [0, 0.05) is 29.2 Å². The molecule has 15 heteroatoms. The number of thioether (sulfide) groups is 1. The fourth-order valence-corrected chi connectivity index (χ4v) is 3.83. The van der Waals surface area contributed by atoms with Gasteiger partial charge in [0.1, 0.15) is 34.9 Å². The van der Waals surface area contributed by atoms with Crippen LogP contribution in [0.15, 0.2) is 5.16 Å². The zero-order valence-electron chi connectivity index (χ0n) is 14.1. The third kappa shape index (κ3) is 9.68. The summed E-state index contributed by atoms with van der Waals surface area (Å²) in [4.78, 5) is 0. The molecule has 1 saturated heterocycles. The minimum absolute atomic E-state index is 0. The van der Waals surface area contributed by atoms with Crippen LogP contribution >= 0.6 is 11.8 Å². The topological polar surface area (TPSA) is 186 Å². The van der Waals surface area contributed by atoms with Gasteiger partial charge in [-0.2, -0.15) is 8.42 Å². The van der Waals surface area contributed by atoms with Crippen LogP contribution in [-0.4, -0.2) is 91.1 Å². The van der Waals surface area contributed by atoms with Gasteiger partial charge in [-0.1, -0.05) is 16.9 Å². The standard InChI is InChI=1S/C11H21NO10S3.K/c1-24(17)4-2-3-7(12-22-25(18,19)20)23-11-10(16)9(15)8(14)6(5-13)21-11;/h6,8-11,13-16H,2-5H2,1H3,(H,18,19,20);/q;+1/p-1/b12-7-;. The number of hydrogen-bond acceptors (Lipinski definition) is 12. The van der Waals surface area contributed by atoms with E-state index in [-0.39, 0.29) is 68.6 Å². The number of aliphatic hydroxyl groups excluding tert-OH is 4. The molecule has 0 aliphatic carbocycles. The van der Waals surface area contributed by atoms with Crippen molar-refractivity contribution in [1.82, 2.24) is 0 Å². The fourth-order valence-electron chi connectivity index (χ4n) is 1.94. The van der Waals surface area contributed by atoms with Crippen molar-refractivity contribution in [2.75, 3.05) is 18.6 Å². The molecule has 4 N–H and O–H groups in total. The van der Waals surface area contributed by atoms with Gasteiger partial charge in [-0.25, -0.2) is 0 Å². The minimum Gasteiger partial charge on any atom is -0.714 e. The van der Waals surface area contributed by atoms with Crippen LogP contribution < -0.4 is 51.4 Å². The van der Waals surface area contributed by atoms with E-state index in [1.807, 2.05) is 0 Å². The molecule has 0 spiro atoms. The van der Waals surface area contributed by atoms with E-state index in [1.54, 1.807) is 0 Å². The van der Waals surface area contributed by atoms with E-state index in [0.29, 0.717) is 18.2 Å². The maximum Gasteiger partial charge on any atom is 1.00 e. The van der Waals surface area contributed by atoms with Crippen LogP contribution in [0.1, 0.15) is 12.8 Å². The largest absolute Gasteiger partial charge is 1.00 e. The molecule has 11 nitrogen and oxygen atoms in total. The van der Waals surface area contributed by atoms with Gasteiger partial charge >= 0.3 is 51.4 Å². The second kappa shape index (κ2) is 12.8. The van der Waals surface area contributed by atoms with Crippen LogP contribution in [0.5, 0.6) is 0 Å². The Bertz CT molecular complexity index is 587. The molecular formula is C11H20KNO10S3. The minimum atomic E-state index is -5.09. The van der Waals surface area contributed by atoms with Crippen molar-refractivity contribution in [1.29, 1.82) is 0 Å². The van der Waals surface area contributed by atoms with Gasteiger partial charge in [-0.05, 0) is 6.42 Å². The Balaban J connectivity index is 0.00000625. The number of nitrogens with zero attached hydrogens (tertiary/aromatic N) is 1. The van der Waals surface area contributed by atoms with Crippen LogP contribution in [0.4, 0.5) is 0 Å². The first-order chi connectivity index (χ1) is 11.5. The Morgan fingerprint density at radius 2 is 1.92 bits per heavy atom. The summed E-state index contributed by atoms with van der Waals surface area (Å²) in [7, 11) is -6.20. The van der Waals surface area contributed by atoms with Crippen molar-refractivity contribution < 1.29 is 98.0 Å². The van der Waals surface area contributed by atoms with E-state index in [4.69, 9.17) is 9.84 Å². The number of ether oxygens (including phenoxy) is 1. The van der Waals surface area contributed by atoms with E-state index in [0.717, 1.165) is 0 Å². The first kappa shape index (κ1) is 27.3. The van der Waals surface area contributed by atoms with E-state index < -0.39 is 57.7 Å². The van der Waals surface area contributed by atoms with Crippen LogP contribution in [0.3, 0.4) is 0 Å². The smallest absolute Gasteiger partial charge is 0.714 e. The van der Waals surface area contributed by atoms with E-state index in [2.05, 4.69) is 9.44 Å². The summed E-state index contributed by atoms with van der Waals surface area (Å²) in [5.74, 6) is 0.276. The maximum absolute atomic E-state index is 11.1. The van der Waals surface area contributed by atoms with Gasteiger partial charge < -0.3 is 29.7 Å². The van der Waals surface area contributed by atoms with Gasteiger partial charge in [-0.15, -0.1) is 0 Å². The molecule has 1 aliphatic rings. The van der Waals surface area contributed by atoms with Gasteiger partial charge in [-0.3, -0.25) is 8.49 Å². The Kier molecular flexibility index (Phi) is 13.4. The predicted octanol–water partition coefficient (Wildman–Crippen LogP) is -5.53.